The van der Waals surface area contributed by atoms with Gasteiger partial charge in [0.15, 0.2) is 0 Å². The van der Waals surface area contributed by atoms with E-state index in [0.717, 1.165) is 24.4 Å². The third-order valence-corrected chi connectivity index (χ3v) is 3.97. The Morgan fingerprint density at radius 2 is 1.50 bits per heavy atom. The maximum atomic E-state index is 12.2. The van der Waals surface area contributed by atoms with Gasteiger partial charge in [-0.15, -0.1) is 0 Å². The molecular weight excluding hydrogens is 413 g/mol. The quantitative estimate of drug-likeness (QED) is 0.305. The van der Waals surface area contributed by atoms with Crippen LogP contribution in [0.3, 0.4) is 0 Å². The van der Waals surface area contributed by atoms with Crippen molar-refractivity contribution in [3.05, 3.63) is 78.4 Å². The summed E-state index contributed by atoms with van der Waals surface area (Å²) in [4.78, 5) is 32.6. The van der Waals surface area contributed by atoms with Gasteiger partial charge < -0.3 is 10.6 Å². The number of carbonyl (C=O) groups is 1. The molecule has 0 spiro atoms. The molecule has 0 bridgehead atoms. The van der Waals surface area contributed by atoms with Crippen molar-refractivity contribution in [2.24, 2.45) is 0 Å². The molecule has 0 heterocycles. The van der Waals surface area contributed by atoms with Gasteiger partial charge in [-0.2, -0.15) is 5.26 Å². The van der Waals surface area contributed by atoms with E-state index in [0.29, 0.717) is 0 Å². The molecule has 0 aliphatic carbocycles. The van der Waals surface area contributed by atoms with E-state index < -0.39 is 21.3 Å². The first kappa shape index (κ1) is 20.6. The minimum absolute atomic E-state index is 0.0333. The average Bonchev–Trinajstić information content (AvgIpc) is 2.64. The summed E-state index contributed by atoms with van der Waals surface area (Å²) >= 11 is 11.8. The third-order valence-electron chi connectivity index (χ3n) is 3.31. The molecule has 0 fully saturated rings. The number of benzene rings is 2. The molecule has 0 unspecified atom stereocenters. The molecule has 0 aliphatic rings. The number of hydrogen-bond donors (Lipinski definition) is 2. The lowest BCUT2D eigenvalue weighted by atomic mass is 10.2. The van der Waals surface area contributed by atoms with Gasteiger partial charge in [-0.05, 0) is 12.1 Å². The van der Waals surface area contributed by atoms with Crippen LogP contribution in [0.2, 0.25) is 10.0 Å². The topological polar surface area (TPSA) is 151 Å². The fraction of sp³-hybridized carbons (Fsp3) is 0. The van der Waals surface area contributed by atoms with Gasteiger partial charge in [0, 0.05) is 30.5 Å². The van der Waals surface area contributed by atoms with E-state index >= 15 is 0 Å². The van der Waals surface area contributed by atoms with Gasteiger partial charge >= 0.3 is 0 Å². The number of anilines is 2. The van der Waals surface area contributed by atoms with Crippen molar-refractivity contribution in [1.29, 1.82) is 5.26 Å². The second-order valence-corrected chi connectivity index (χ2v) is 5.93. The fourth-order valence-corrected chi connectivity index (χ4v) is 2.29. The summed E-state index contributed by atoms with van der Waals surface area (Å²) in [7, 11) is 0. The summed E-state index contributed by atoms with van der Waals surface area (Å²) in [5, 5.41) is 35.8. The normalized spacial score (nSPS) is 10.7. The molecule has 0 saturated carbocycles. The Labute approximate surface area is 167 Å². The molecule has 28 heavy (non-hydrogen) atoms. The number of carbonyl (C=O) groups excluding carboxylic acids is 1. The van der Waals surface area contributed by atoms with Gasteiger partial charge in [0.2, 0.25) is 0 Å². The Morgan fingerprint density at radius 1 is 1.00 bits per heavy atom. The lowest BCUT2D eigenvalue weighted by molar-refractivity contribution is -0.385. The Bertz CT molecular complexity index is 1050. The summed E-state index contributed by atoms with van der Waals surface area (Å²) in [5.74, 6) is -0.904. The molecule has 0 atom stereocenters. The van der Waals surface area contributed by atoms with Crippen LogP contribution in [0.1, 0.15) is 0 Å². The molecule has 0 aromatic heterocycles. The zero-order valence-electron chi connectivity index (χ0n) is 13.7. The first-order chi connectivity index (χ1) is 13.2. The summed E-state index contributed by atoms with van der Waals surface area (Å²) in [6.45, 7) is 0. The predicted molar refractivity (Wildman–Crippen MR) is 102 cm³/mol. The second-order valence-electron chi connectivity index (χ2n) is 5.11. The van der Waals surface area contributed by atoms with Crippen LogP contribution in [0.5, 0.6) is 0 Å². The van der Waals surface area contributed by atoms with Crippen LogP contribution < -0.4 is 10.6 Å². The molecule has 12 heteroatoms. The van der Waals surface area contributed by atoms with Gasteiger partial charge in [0.05, 0.1) is 31.3 Å². The largest absolute Gasteiger partial charge is 0.359 e. The number of rotatable bonds is 6. The third kappa shape index (κ3) is 4.94. The van der Waals surface area contributed by atoms with Crippen molar-refractivity contribution in [3.8, 4) is 6.07 Å². The van der Waals surface area contributed by atoms with Crippen LogP contribution in [0.4, 0.5) is 22.7 Å². The van der Waals surface area contributed by atoms with E-state index in [2.05, 4.69) is 10.6 Å². The fourth-order valence-electron chi connectivity index (χ4n) is 1.95. The zero-order valence-corrected chi connectivity index (χ0v) is 15.2. The molecule has 0 saturated heterocycles. The molecule has 2 aromatic rings. The van der Waals surface area contributed by atoms with E-state index in [1.54, 1.807) is 6.07 Å². The summed E-state index contributed by atoms with van der Waals surface area (Å²) < 4.78 is 0. The smallest absolute Gasteiger partial charge is 0.271 e. The Balaban J connectivity index is 2.24. The van der Waals surface area contributed by atoms with Crippen LogP contribution in [0.25, 0.3) is 0 Å². The SMILES string of the molecule is N#C/C(=C/Nc1cc([N+](=O)[O-])ccc1Cl)C(=O)Nc1cc([N+](=O)[O-])ccc1Cl. The minimum atomic E-state index is -0.904. The van der Waals surface area contributed by atoms with Crippen LogP contribution in [0.15, 0.2) is 48.2 Å². The number of halogens is 2. The Hall–Kier alpha value is -3.68. The van der Waals surface area contributed by atoms with Gasteiger partial charge in [-0.1, -0.05) is 23.2 Å². The van der Waals surface area contributed by atoms with Crippen molar-refractivity contribution >= 4 is 51.9 Å². The minimum Gasteiger partial charge on any atom is -0.359 e. The van der Waals surface area contributed by atoms with Crippen LogP contribution in [-0.4, -0.2) is 15.8 Å². The highest BCUT2D eigenvalue weighted by atomic mass is 35.5. The number of amides is 1. The summed E-state index contributed by atoms with van der Waals surface area (Å²) in [5.41, 5.74) is -0.930. The van der Waals surface area contributed by atoms with Gasteiger partial charge in [0.1, 0.15) is 11.6 Å². The highest BCUT2D eigenvalue weighted by Crippen LogP contribution is 2.28. The monoisotopic (exact) mass is 421 g/mol. The van der Waals surface area contributed by atoms with Crippen molar-refractivity contribution in [2.45, 2.75) is 0 Å². The number of nitro groups is 2. The number of nitriles is 1. The highest BCUT2D eigenvalue weighted by molar-refractivity contribution is 6.34. The van der Waals surface area contributed by atoms with Gasteiger partial charge in [0.25, 0.3) is 17.3 Å². The average molecular weight is 422 g/mol. The number of nitro benzene ring substituents is 2. The Morgan fingerprint density at radius 3 is 2.00 bits per heavy atom. The first-order valence-corrected chi connectivity index (χ1v) is 8.04. The summed E-state index contributed by atoms with van der Waals surface area (Å²) in [6, 6.07) is 8.67. The standard InChI is InChI=1S/C16H9Cl2N5O5/c17-12-3-1-10(22(25)26)5-14(12)20-8-9(7-19)16(24)21-15-6-11(23(27)28)2-4-13(15)18/h1-6,8,20H,(H,21,24)/b9-8-. The molecule has 0 aliphatic heterocycles. The number of nitrogens with one attached hydrogen (secondary N) is 2. The van der Waals surface area contributed by atoms with Crippen molar-refractivity contribution in [2.75, 3.05) is 10.6 Å². The molecule has 2 N–H and O–H groups in total. The second kappa shape index (κ2) is 8.81. The molecule has 2 rings (SSSR count). The number of nitrogens with zero attached hydrogens (tertiary/aromatic N) is 3. The van der Waals surface area contributed by atoms with E-state index in [4.69, 9.17) is 23.2 Å². The molecule has 10 nitrogen and oxygen atoms in total. The molecule has 0 radical (unpaired) electrons. The lowest BCUT2D eigenvalue weighted by Gasteiger charge is -2.07. The van der Waals surface area contributed by atoms with Crippen LogP contribution >= 0.6 is 23.2 Å². The Kier molecular flexibility index (Phi) is 6.49. The molecule has 1 amide bonds. The van der Waals surface area contributed by atoms with E-state index in [1.165, 1.54) is 18.2 Å². The highest BCUT2D eigenvalue weighted by Gasteiger charge is 2.15. The summed E-state index contributed by atoms with van der Waals surface area (Å²) in [6.07, 6.45) is 0.992. The van der Waals surface area contributed by atoms with Crippen molar-refractivity contribution in [1.82, 2.24) is 0 Å². The van der Waals surface area contributed by atoms with Crippen LogP contribution in [0, 0.1) is 31.6 Å². The maximum absolute atomic E-state index is 12.2. The zero-order chi connectivity index (χ0) is 20.8. The lowest BCUT2D eigenvalue weighted by Crippen LogP contribution is -2.15. The van der Waals surface area contributed by atoms with E-state index in [-0.39, 0.29) is 32.8 Å². The number of non-ortho nitro benzene ring substituents is 2. The van der Waals surface area contributed by atoms with Crippen molar-refractivity contribution < 1.29 is 14.6 Å². The predicted octanol–water partition coefficient (Wildman–Crippen LogP) is 4.27. The first-order valence-electron chi connectivity index (χ1n) is 7.29. The van der Waals surface area contributed by atoms with Gasteiger partial charge in [-0.25, -0.2) is 0 Å². The van der Waals surface area contributed by atoms with Gasteiger partial charge in [-0.3, -0.25) is 25.0 Å². The number of hydrogen-bond acceptors (Lipinski definition) is 7. The molecular formula is C16H9Cl2N5O5. The van der Waals surface area contributed by atoms with Crippen molar-refractivity contribution in [3.63, 3.8) is 0 Å². The van der Waals surface area contributed by atoms with E-state index in [9.17, 15) is 30.3 Å². The van der Waals surface area contributed by atoms with E-state index in [1.807, 2.05) is 0 Å². The van der Waals surface area contributed by atoms with Crippen LogP contribution in [-0.2, 0) is 4.79 Å². The maximum Gasteiger partial charge on any atom is 0.271 e. The molecule has 2 aromatic carbocycles. The molecule has 142 valence electrons.